The summed E-state index contributed by atoms with van der Waals surface area (Å²) in [6, 6.07) is 11.6. The smallest absolute Gasteiger partial charge is 0.0487 e. The Morgan fingerprint density at radius 2 is 1.78 bits per heavy atom. The van der Waals surface area contributed by atoms with Crippen molar-refractivity contribution in [1.29, 1.82) is 0 Å². The zero-order chi connectivity index (χ0) is 17.1. The summed E-state index contributed by atoms with van der Waals surface area (Å²) in [5.74, 6) is 0. The molecule has 23 heavy (non-hydrogen) atoms. The maximum atomic E-state index is 9.90. The minimum absolute atomic E-state index is 0.125. The van der Waals surface area contributed by atoms with Gasteiger partial charge in [0.25, 0.3) is 0 Å². The van der Waals surface area contributed by atoms with Gasteiger partial charge in [0.2, 0.25) is 0 Å². The third-order valence-electron chi connectivity index (χ3n) is 5.35. The molecule has 0 aliphatic rings. The Morgan fingerprint density at radius 3 is 2.30 bits per heavy atom. The van der Waals surface area contributed by atoms with Crippen LogP contribution in [0.15, 0.2) is 30.3 Å². The molecule has 0 radical (unpaired) electrons. The van der Waals surface area contributed by atoms with E-state index >= 15 is 0 Å². The van der Waals surface area contributed by atoms with Crippen molar-refractivity contribution in [2.45, 2.75) is 84.7 Å². The Hall–Kier alpha value is -0.860. The van der Waals surface area contributed by atoms with Gasteiger partial charge in [-0.15, -0.1) is 0 Å². The van der Waals surface area contributed by atoms with E-state index < -0.39 is 0 Å². The predicted molar refractivity (Wildman–Crippen MR) is 101 cm³/mol. The molecule has 0 aromatic heterocycles. The maximum absolute atomic E-state index is 9.90. The number of hydrogen-bond acceptors (Lipinski definition) is 2. The van der Waals surface area contributed by atoms with Crippen LogP contribution in [0.4, 0.5) is 0 Å². The Bertz CT molecular complexity index is 400. The molecule has 0 aliphatic carbocycles. The number of nitrogens with one attached hydrogen (secondary N) is 1. The second-order valence-corrected chi connectivity index (χ2v) is 7.09. The first-order valence-electron chi connectivity index (χ1n) is 9.52. The van der Waals surface area contributed by atoms with Crippen molar-refractivity contribution >= 4 is 0 Å². The molecule has 0 bridgehead atoms. The van der Waals surface area contributed by atoms with Crippen molar-refractivity contribution in [3.8, 4) is 0 Å². The largest absolute Gasteiger partial charge is 0.396 e. The lowest BCUT2D eigenvalue weighted by Crippen LogP contribution is -2.33. The van der Waals surface area contributed by atoms with Gasteiger partial charge in [-0.05, 0) is 50.0 Å². The predicted octanol–water partition coefficient (Wildman–Crippen LogP) is 5.47. The summed E-state index contributed by atoms with van der Waals surface area (Å²) in [6.07, 6.45) is 7.99. The molecule has 3 atom stereocenters. The highest BCUT2D eigenvalue weighted by atomic mass is 16.3. The monoisotopic (exact) mass is 319 g/mol. The number of unbranched alkanes of at least 4 members (excludes halogenated alkanes) is 1. The van der Waals surface area contributed by atoms with Crippen molar-refractivity contribution < 1.29 is 5.11 Å². The topological polar surface area (TPSA) is 32.3 Å². The molecule has 1 aromatic carbocycles. The third kappa shape index (κ3) is 6.64. The van der Waals surface area contributed by atoms with E-state index in [0.717, 1.165) is 32.1 Å². The lowest BCUT2D eigenvalue weighted by molar-refractivity contribution is 0.0918. The van der Waals surface area contributed by atoms with Crippen LogP contribution in [0, 0.1) is 5.41 Å². The number of aliphatic hydroxyl groups is 1. The molecule has 1 aromatic rings. The summed E-state index contributed by atoms with van der Waals surface area (Å²) in [5.41, 5.74) is 1.50. The van der Waals surface area contributed by atoms with Crippen LogP contribution in [0.1, 0.15) is 84.2 Å². The molecule has 0 saturated carbocycles. The number of rotatable bonds is 12. The van der Waals surface area contributed by atoms with Gasteiger partial charge in [-0.3, -0.25) is 0 Å². The molecule has 0 amide bonds. The van der Waals surface area contributed by atoms with Crippen LogP contribution in [-0.4, -0.2) is 17.8 Å². The fourth-order valence-electron chi connectivity index (χ4n) is 3.38. The van der Waals surface area contributed by atoms with E-state index in [0.29, 0.717) is 18.7 Å². The molecule has 1 rings (SSSR count). The van der Waals surface area contributed by atoms with Gasteiger partial charge in [0.05, 0.1) is 0 Å². The SMILES string of the molecule is CCCC[C@](CC)(CO)CCC(C)N[C@H](CC)c1ccccc1. The fraction of sp³-hybridized carbons (Fsp3) is 0.714. The summed E-state index contributed by atoms with van der Waals surface area (Å²) < 4.78 is 0. The molecule has 0 spiro atoms. The highest BCUT2D eigenvalue weighted by molar-refractivity contribution is 5.18. The van der Waals surface area contributed by atoms with Gasteiger partial charge in [0.1, 0.15) is 0 Å². The second kappa shape index (κ2) is 10.8. The van der Waals surface area contributed by atoms with Crippen LogP contribution >= 0.6 is 0 Å². The molecular formula is C21H37NO. The first-order valence-corrected chi connectivity index (χ1v) is 9.52. The van der Waals surface area contributed by atoms with Crippen molar-refractivity contribution in [1.82, 2.24) is 5.32 Å². The standard InChI is InChI=1S/C21H37NO/c1-5-8-15-21(7-3,17-23)16-14-18(4)22-20(6-2)19-12-10-9-11-13-19/h9-13,18,20,22-23H,5-8,14-17H2,1-4H3/t18?,20-,21+/m1/s1. The van der Waals surface area contributed by atoms with E-state index in [1.807, 2.05) is 0 Å². The molecule has 1 unspecified atom stereocenters. The van der Waals surface area contributed by atoms with Gasteiger partial charge in [-0.25, -0.2) is 0 Å². The van der Waals surface area contributed by atoms with Gasteiger partial charge >= 0.3 is 0 Å². The Kier molecular flexibility index (Phi) is 9.50. The lowest BCUT2D eigenvalue weighted by Gasteiger charge is -2.33. The van der Waals surface area contributed by atoms with Crippen LogP contribution < -0.4 is 5.32 Å². The van der Waals surface area contributed by atoms with Crippen LogP contribution in [-0.2, 0) is 0 Å². The van der Waals surface area contributed by atoms with Gasteiger partial charge in [-0.2, -0.15) is 0 Å². The zero-order valence-electron chi connectivity index (χ0n) is 15.6. The fourth-order valence-corrected chi connectivity index (χ4v) is 3.38. The van der Waals surface area contributed by atoms with E-state index in [1.54, 1.807) is 0 Å². The molecule has 2 N–H and O–H groups in total. The van der Waals surface area contributed by atoms with Crippen molar-refractivity contribution in [2.75, 3.05) is 6.61 Å². The number of aliphatic hydroxyl groups excluding tert-OH is 1. The summed E-state index contributed by atoms with van der Waals surface area (Å²) in [5, 5.41) is 13.7. The van der Waals surface area contributed by atoms with E-state index in [9.17, 15) is 5.11 Å². The van der Waals surface area contributed by atoms with Gasteiger partial charge in [0.15, 0.2) is 0 Å². The van der Waals surface area contributed by atoms with E-state index in [4.69, 9.17) is 0 Å². The first kappa shape index (κ1) is 20.2. The molecule has 2 nitrogen and oxygen atoms in total. The van der Waals surface area contributed by atoms with Crippen LogP contribution in [0.25, 0.3) is 0 Å². The molecule has 2 heteroatoms. The minimum Gasteiger partial charge on any atom is -0.396 e. The van der Waals surface area contributed by atoms with Crippen LogP contribution in [0.2, 0.25) is 0 Å². The Balaban J connectivity index is 2.55. The summed E-state index contributed by atoms with van der Waals surface area (Å²) in [4.78, 5) is 0. The molecule has 0 saturated heterocycles. The van der Waals surface area contributed by atoms with Crippen LogP contribution in [0.5, 0.6) is 0 Å². The zero-order valence-corrected chi connectivity index (χ0v) is 15.6. The van der Waals surface area contributed by atoms with Crippen molar-refractivity contribution in [2.24, 2.45) is 5.41 Å². The van der Waals surface area contributed by atoms with Crippen molar-refractivity contribution in [3.05, 3.63) is 35.9 Å². The maximum Gasteiger partial charge on any atom is 0.0487 e. The van der Waals surface area contributed by atoms with Gasteiger partial charge < -0.3 is 10.4 Å². The average molecular weight is 320 g/mol. The highest BCUT2D eigenvalue weighted by Gasteiger charge is 2.27. The van der Waals surface area contributed by atoms with Crippen molar-refractivity contribution in [3.63, 3.8) is 0 Å². The molecule has 0 aliphatic heterocycles. The molecule has 132 valence electrons. The highest BCUT2D eigenvalue weighted by Crippen LogP contribution is 2.34. The van der Waals surface area contributed by atoms with Gasteiger partial charge in [0, 0.05) is 18.7 Å². The Labute approximate surface area is 143 Å². The van der Waals surface area contributed by atoms with Gasteiger partial charge in [-0.1, -0.05) is 63.9 Å². The summed E-state index contributed by atoms with van der Waals surface area (Å²) in [7, 11) is 0. The second-order valence-electron chi connectivity index (χ2n) is 7.09. The summed E-state index contributed by atoms with van der Waals surface area (Å²) in [6.45, 7) is 9.30. The molecule has 0 fully saturated rings. The Morgan fingerprint density at radius 1 is 1.09 bits per heavy atom. The normalized spacial score (nSPS) is 16.7. The van der Waals surface area contributed by atoms with E-state index in [-0.39, 0.29) is 5.41 Å². The average Bonchev–Trinajstić information content (AvgIpc) is 2.61. The van der Waals surface area contributed by atoms with E-state index in [2.05, 4.69) is 63.3 Å². The number of hydrogen-bond donors (Lipinski definition) is 2. The lowest BCUT2D eigenvalue weighted by atomic mass is 9.76. The quantitative estimate of drug-likeness (QED) is 0.535. The molecular weight excluding hydrogens is 282 g/mol. The van der Waals surface area contributed by atoms with E-state index in [1.165, 1.54) is 18.4 Å². The minimum atomic E-state index is 0.125. The molecule has 0 heterocycles. The first-order chi connectivity index (χ1) is 11.1. The summed E-state index contributed by atoms with van der Waals surface area (Å²) >= 11 is 0. The third-order valence-corrected chi connectivity index (χ3v) is 5.35. The van der Waals surface area contributed by atoms with Crippen LogP contribution in [0.3, 0.4) is 0 Å². The number of benzene rings is 1.